The van der Waals surface area contributed by atoms with Gasteiger partial charge in [-0.2, -0.15) is 11.8 Å². The van der Waals surface area contributed by atoms with E-state index in [2.05, 4.69) is 28.7 Å². The van der Waals surface area contributed by atoms with E-state index in [-0.39, 0.29) is 5.91 Å². The van der Waals surface area contributed by atoms with E-state index in [0.29, 0.717) is 12.2 Å². The lowest BCUT2D eigenvalue weighted by Gasteiger charge is -2.06. The topological polar surface area (TPSA) is 44.9 Å². The fraction of sp³-hybridized carbons (Fsp3) is 0.214. The number of hydrogen-bond acceptors (Lipinski definition) is 2. The Hall–Kier alpha value is -1.68. The molecular weight excluding hydrogens is 244 g/mol. The maximum absolute atomic E-state index is 11.7. The minimum atomic E-state index is -0.0738. The summed E-state index contributed by atoms with van der Waals surface area (Å²) in [5.41, 5.74) is 3.01. The van der Waals surface area contributed by atoms with E-state index >= 15 is 0 Å². The van der Waals surface area contributed by atoms with Gasteiger partial charge in [-0.1, -0.05) is 24.3 Å². The van der Waals surface area contributed by atoms with E-state index in [1.807, 2.05) is 18.2 Å². The zero-order valence-corrected chi connectivity index (χ0v) is 11.1. The molecule has 0 bridgehead atoms. The first-order valence-electron chi connectivity index (χ1n) is 5.78. The van der Waals surface area contributed by atoms with Crippen molar-refractivity contribution >= 4 is 17.7 Å². The van der Waals surface area contributed by atoms with Gasteiger partial charge in [0.2, 0.25) is 0 Å². The summed E-state index contributed by atoms with van der Waals surface area (Å²) < 4.78 is 0. The molecule has 2 aromatic rings. The number of thioether (sulfide) groups is 1. The summed E-state index contributed by atoms with van der Waals surface area (Å²) in [4.78, 5) is 14.6. The number of carbonyl (C=O) groups is 1. The minimum absolute atomic E-state index is 0.0738. The number of hydrogen-bond donors (Lipinski definition) is 2. The van der Waals surface area contributed by atoms with E-state index in [1.165, 1.54) is 5.56 Å². The largest absolute Gasteiger partial charge is 0.357 e. The monoisotopic (exact) mass is 260 g/mol. The summed E-state index contributed by atoms with van der Waals surface area (Å²) in [6, 6.07) is 11.9. The Morgan fingerprint density at radius 3 is 2.83 bits per heavy atom. The van der Waals surface area contributed by atoms with Crippen LogP contribution < -0.4 is 5.32 Å². The van der Waals surface area contributed by atoms with Crippen LogP contribution in [0, 0.1) is 0 Å². The van der Waals surface area contributed by atoms with E-state index in [4.69, 9.17) is 0 Å². The van der Waals surface area contributed by atoms with Gasteiger partial charge in [-0.25, -0.2) is 0 Å². The van der Waals surface area contributed by atoms with Crippen molar-refractivity contribution in [1.82, 2.24) is 10.3 Å². The fourth-order valence-corrected chi connectivity index (χ4v) is 2.26. The van der Waals surface area contributed by atoms with Gasteiger partial charge in [-0.15, -0.1) is 0 Å². The predicted molar refractivity (Wildman–Crippen MR) is 75.6 cm³/mol. The van der Waals surface area contributed by atoms with Crippen molar-refractivity contribution in [3.8, 4) is 0 Å². The predicted octanol–water partition coefficient (Wildman–Crippen LogP) is 2.81. The van der Waals surface area contributed by atoms with Gasteiger partial charge in [-0.05, 0) is 29.5 Å². The molecule has 0 saturated heterocycles. The highest BCUT2D eigenvalue weighted by molar-refractivity contribution is 7.97. The standard InChI is InChI=1S/C14H16N2OS/c1-18-10-12-5-2-4-11(8-12)9-16-14(17)13-6-3-7-15-13/h2-8,15H,9-10H2,1H3,(H,16,17). The van der Waals surface area contributed by atoms with Crippen LogP contribution in [-0.2, 0) is 12.3 Å². The normalized spacial score (nSPS) is 10.3. The van der Waals surface area contributed by atoms with Crippen molar-refractivity contribution in [2.24, 2.45) is 0 Å². The Morgan fingerprint density at radius 1 is 1.28 bits per heavy atom. The number of aromatic amines is 1. The molecule has 2 rings (SSSR count). The zero-order valence-electron chi connectivity index (χ0n) is 10.3. The van der Waals surface area contributed by atoms with Gasteiger partial charge in [0.05, 0.1) is 0 Å². The van der Waals surface area contributed by atoms with Crippen molar-refractivity contribution in [3.63, 3.8) is 0 Å². The zero-order chi connectivity index (χ0) is 12.8. The summed E-state index contributed by atoms with van der Waals surface area (Å²) in [6.45, 7) is 0.556. The number of rotatable bonds is 5. The summed E-state index contributed by atoms with van der Waals surface area (Å²) in [5.74, 6) is 0.925. The molecule has 2 N–H and O–H groups in total. The Bertz CT molecular complexity index is 508. The van der Waals surface area contributed by atoms with Crippen molar-refractivity contribution in [2.45, 2.75) is 12.3 Å². The lowest BCUT2D eigenvalue weighted by molar-refractivity contribution is 0.0946. The molecule has 18 heavy (non-hydrogen) atoms. The average molecular weight is 260 g/mol. The van der Waals surface area contributed by atoms with Gasteiger partial charge in [0, 0.05) is 18.5 Å². The first-order valence-corrected chi connectivity index (χ1v) is 7.17. The van der Waals surface area contributed by atoms with Crippen LogP contribution in [-0.4, -0.2) is 17.1 Å². The number of amides is 1. The average Bonchev–Trinajstić information content (AvgIpc) is 2.91. The molecule has 1 aromatic carbocycles. The lowest BCUT2D eigenvalue weighted by Crippen LogP contribution is -2.23. The summed E-state index contributed by atoms with van der Waals surface area (Å²) >= 11 is 1.79. The molecule has 3 nitrogen and oxygen atoms in total. The number of H-pyrrole nitrogens is 1. The van der Waals surface area contributed by atoms with Crippen LogP contribution in [0.1, 0.15) is 21.6 Å². The highest BCUT2D eigenvalue weighted by Gasteiger charge is 2.05. The molecule has 0 unspecified atom stereocenters. The Balaban J connectivity index is 1.93. The molecule has 94 valence electrons. The molecule has 0 fully saturated rings. The van der Waals surface area contributed by atoms with Gasteiger partial charge < -0.3 is 10.3 Å². The molecule has 0 spiro atoms. The maximum Gasteiger partial charge on any atom is 0.267 e. The van der Waals surface area contributed by atoms with Gasteiger partial charge in [0.25, 0.3) is 5.91 Å². The molecule has 4 heteroatoms. The third kappa shape index (κ3) is 3.40. The highest BCUT2D eigenvalue weighted by atomic mass is 32.2. The SMILES string of the molecule is CSCc1cccc(CNC(=O)c2ccc[nH]2)c1. The minimum Gasteiger partial charge on any atom is -0.357 e. The van der Waals surface area contributed by atoms with Crippen LogP contribution in [0.25, 0.3) is 0 Å². The third-order valence-corrected chi connectivity index (χ3v) is 3.22. The van der Waals surface area contributed by atoms with Gasteiger partial charge in [0.1, 0.15) is 5.69 Å². The summed E-state index contributed by atoms with van der Waals surface area (Å²) in [5, 5.41) is 2.89. The van der Waals surface area contributed by atoms with E-state index in [1.54, 1.807) is 24.0 Å². The second kappa shape index (κ2) is 6.31. The summed E-state index contributed by atoms with van der Waals surface area (Å²) in [6.07, 6.45) is 3.83. The summed E-state index contributed by atoms with van der Waals surface area (Å²) in [7, 11) is 0. The number of nitrogens with one attached hydrogen (secondary N) is 2. The smallest absolute Gasteiger partial charge is 0.267 e. The fourth-order valence-electron chi connectivity index (χ4n) is 1.75. The molecule has 0 aliphatic heterocycles. The second-order valence-corrected chi connectivity index (χ2v) is 4.89. The molecule has 1 aromatic heterocycles. The Kier molecular flexibility index (Phi) is 4.47. The van der Waals surface area contributed by atoms with Crippen LogP contribution >= 0.6 is 11.8 Å². The molecule has 0 atom stereocenters. The van der Waals surface area contributed by atoms with Gasteiger partial charge in [-0.3, -0.25) is 4.79 Å². The number of carbonyl (C=O) groups excluding carboxylic acids is 1. The van der Waals surface area contributed by atoms with Crippen LogP contribution in [0.15, 0.2) is 42.6 Å². The first-order chi connectivity index (χ1) is 8.79. The van der Waals surface area contributed by atoms with Crippen molar-refractivity contribution in [3.05, 3.63) is 59.4 Å². The molecule has 0 aliphatic carbocycles. The second-order valence-electron chi connectivity index (χ2n) is 4.02. The maximum atomic E-state index is 11.7. The van der Waals surface area contributed by atoms with Crippen molar-refractivity contribution in [2.75, 3.05) is 6.26 Å². The van der Waals surface area contributed by atoms with E-state index < -0.39 is 0 Å². The van der Waals surface area contributed by atoms with Crippen LogP contribution in [0.4, 0.5) is 0 Å². The van der Waals surface area contributed by atoms with Crippen molar-refractivity contribution in [1.29, 1.82) is 0 Å². The van der Waals surface area contributed by atoms with E-state index in [0.717, 1.165) is 11.3 Å². The quantitative estimate of drug-likeness (QED) is 0.868. The van der Waals surface area contributed by atoms with E-state index in [9.17, 15) is 4.79 Å². The molecular formula is C14H16N2OS. The van der Waals surface area contributed by atoms with Crippen molar-refractivity contribution < 1.29 is 4.79 Å². The lowest BCUT2D eigenvalue weighted by atomic mass is 10.1. The van der Waals surface area contributed by atoms with Crippen LogP contribution in [0.2, 0.25) is 0 Å². The van der Waals surface area contributed by atoms with Gasteiger partial charge in [0.15, 0.2) is 0 Å². The highest BCUT2D eigenvalue weighted by Crippen LogP contribution is 2.11. The number of aromatic nitrogens is 1. The molecule has 0 saturated carbocycles. The Morgan fingerprint density at radius 2 is 2.11 bits per heavy atom. The number of benzene rings is 1. The molecule has 0 radical (unpaired) electrons. The molecule has 1 amide bonds. The third-order valence-electron chi connectivity index (χ3n) is 2.60. The van der Waals surface area contributed by atoms with Crippen LogP contribution in [0.3, 0.4) is 0 Å². The van der Waals surface area contributed by atoms with Crippen LogP contribution in [0.5, 0.6) is 0 Å². The first kappa shape index (κ1) is 12.8. The Labute approximate surface area is 111 Å². The molecule has 1 heterocycles. The molecule has 0 aliphatic rings. The van der Waals surface area contributed by atoms with Gasteiger partial charge >= 0.3 is 0 Å².